The Labute approximate surface area is 197 Å². The third-order valence-corrected chi connectivity index (χ3v) is 7.29. The topological polar surface area (TPSA) is 66.4 Å². The number of thiophene rings is 1. The zero-order valence-electron chi connectivity index (χ0n) is 18.2. The van der Waals surface area contributed by atoms with Crippen LogP contribution in [-0.2, 0) is 11.2 Å². The molecule has 32 heavy (non-hydrogen) atoms. The summed E-state index contributed by atoms with van der Waals surface area (Å²) in [5, 5.41) is 1.73. The zero-order chi connectivity index (χ0) is 22.5. The molecule has 0 N–H and O–H groups in total. The van der Waals surface area contributed by atoms with Crippen molar-refractivity contribution in [1.82, 2.24) is 14.9 Å². The van der Waals surface area contributed by atoms with Gasteiger partial charge < -0.3 is 9.80 Å². The van der Waals surface area contributed by atoms with Crippen LogP contribution >= 0.6 is 22.9 Å². The summed E-state index contributed by atoms with van der Waals surface area (Å²) in [7, 11) is 0. The first-order valence-electron chi connectivity index (χ1n) is 11.1. The van der Waals surface area contributed by atoms with Gasteiger partial charge in [0.15, 0.2) is 5.78 Å². The number of amides is 1. The Morgan fingerprint density at radius 1 is 1.03 bits per heavy atom. The number of aryl methyl sites for hydroxylation is 1. The Kier molecular flexibility index (Phi) is 7.37. The molecule has 0 radical (unpaired) electrons. The number of aromatic nitrogens is 2. The lowest BCUT2D eigenvalue weighted by atomic mass is 10.0. The molecule has 3 aromatic rings. The van der Waals surface area contributed by atoms with Gasteiger partial charge in [0.25, 0.3) is 0 Å². The van der Waals surface area contributed by atoms with Crippen LogP contribution in [0.4, 0.5) is 5.82 Å². The molecule has 1 aliphatic rings. The summed E-state index contributed by atoms with van der Waals surface area (Å²) in [6.07, 6.45) is 5.00. The quantitative estimate of drug-likeness (QED) is 0.342. The molecule has 1 aromatic carbocycles. The number of ketones is 1. The molecule has 0 spiro atoms. The van der Waals surface area contributed by atoms with E-state index >= 15 is 0 Å². The molecule has 3 heterocycles. The van der Waals surface area contributed by atoms with Crippen molar-refractivity contribution in [3.05, 3.63) is 52.1 Å². The minimum absolute atomic E-state index is 0.0959. The minimum Gasteiger partial charge on any atom is -0.352 e. The number of piperazine rings is 1. The molecule has 1 aliphatic heterocycles. The number of hydrogen-bond donors (Lipinski definition) is 0. The van der Waals surface area contributed by atoms with E-state index in [1.165, 1.54) is 4.88 Å². The van der Waals surface area contributed by atoms with Crippen LogP contribution in [0.15, 0.2) is 36.7 Å². The highest BCUT2D eigenvalue weighted by atomic mass is 35.5. The Morgan fingerprint density at radius 2 is 1.75 bits per heavy atom. The second kappa shape index (κ2) is 10.4. The predicted molar refractivity (Wildman–Crippen MR) is 130 cm³/mol. The number of Topliss-reactive ketones (excluding diaryl/α,β-unsaturated/α-hetero) is 1. The Bertz CT molecular complexity index is 1090. The normalized spacial score (nSPS) is 14.2. The highest BCUT2D eigenvalue weighted by molar-refractivity contribution is 7.18. The van der Waals surface area contributed by atoms with Crippen molar-refractivity contribution in [3.63, 3.8) is 0 Å². The van der Waals surface area contributed by atoms with Gasteiger partial charge in [0, 0.05) is 54.5 Å². The lowest BCUT2D eigenvalue weighted by molar-refractivity contribution is -0.131. The number of rotatable bonds is 8. The number of carbonyl (C=O) groups excluding carboxylic acids is 2. The number of nitrogens with zero attached hydrogens (tertiary/aromatic N) is 4. The summed E-state index contributed by atoms with van der Waals surface area (Å²) in [6, 6.07) is 9.15. The standard InChI is InChI=1S/C24H27ClN4O2S/c1-2-19-15-20-23(26-16-27-24(20)32-19)29-13-11-28(12-14-29)22(31)6-4-3-5-21(30)17-7-9-18(25)10-8-17/h7-10,15-16H,2-6,11-14H2,1H3. The van der Waals surface area contributed by atoms with E-state index in [4.69, 9.17) is 11.6 Å². The Morgan fingerprint density at radius 3 is 2.47 bits per heavy atom. The van der Waals surface area contributed by atoms with Gasteiger partial charge in [-0.25, -0.2) is 9.97 Å². The molecule has 0 bridgehead atoms. The maximum Gasteiger partial charge on any atom is 0.222 e. The monoisotopic (exact) mass is 470 g/mol. The van der Waals surface area contributed by atoms with Crippen LogP contribution in [0.3, 0.4) is 0 Å². The van der Waals surface area contributed by atoms with Crippen molar-refractivity contribution in [1.29, 1.82) is 0 Å². The molecule has 1 fully saturated rings. The fourth-order valence-corrected chi connectivity index (χ4v) is 5.04. The summed E-state index contributed by atoms with van der Waals surface area (Å²) in [4.78, 5) is 40.3. The first-order valence-corrected chi connectivity index (χ1v) is 12.3. The molecule has 0 atom stereocenters. The molecule has 1 amide bonds. The van der Waals surface area contributed by atoms with E-state index in [1.54, 1.807) is 41.9 Å². The first-order chi connectivity index (χ1) is 15.5. The van der Waals surface area contributed by atoms with Crippen molar-refractivity contribution >= 4 is 50.7 Å². The Hall–Kier alpha value is -2.51. The summed E-state index contributed by atoms with van der Waals surface area (Å²) in [6.45, 7) is 5.07. The number of hydrogen-bond acceptors (Lipinski definition) is 6. The first kappa shape index (κ1) is 22.7. The maximum absolute atomic E-state index is 12.6. The van der Waals surface area contributed by atoms with Gasteiger partial charge in [0.2, 0.25) is 5.91 Å². The second-order valence-electron chi connectivity index (χ2n) is 7.99. The number of carbonyl (C=O) groups is 2. The molecule has 8 heteroatoms. The fourth-order valence-electron chi connectivity index (χ4n) is 3.99. The molecule has 168 valence electrons. The number of anilines is 1. The summed E-state index contributed by atoms with van der Waals surface area (Å²) in [5.74, 6) is 1.23. The van der Waals surface area contributed by atoms with Gasteiger partial charge in [-0.05, 0) is 49.6 Å². The van der Waals surface area contributed by atoms with Crippen molar-refractivity contribution in [2.45, 2.75) is 39.0 Å². The number of halogens is 1. The average Bonchev–Trinajstić information content (AvgIpc) is 3.26. The van der Waals surface area contributed by atoms with E-state index in [9.17, 15) is 9.59 Å². The second-order valence-corrected chi connectivity index (χ2v) is 9.54. The van der Waals surface area contributed by atoms with Crippen molar-refractivity contribution < 1.29 is 9.59 Å². The highest BCUT2D eigenvalue weighted by Gasteiger charge is 2.23. The van der Waals surface area contributed by atoms with E-state index in [2.05, 4.69) is 27.9 Å². The molecule has 6 nitrogen and oxygen atoms in total. The van der Waals surface area contributed by atoms with Crippen molar-refractivity contribution in [2.75, 3.05) is 31.1 Å². The highest BCUT2D eigenvalue weighted by Crippen LogP contribution is 2.31. The molecule has 2 aromatic heterocycles. The van der Waals surface area contributed by atoms with E-state index in [0.29, 0.717) is 42.9 Å². The van der Waals surface area contributed by atoms with Gasteiger partial charge in [0.05, 0.1) is 5.39 Å². The van der Waals surface area contributed by atoms with Crippen molar-refractivity contribution in [3.8, 4) is 0 Å². The zero-order valence-corrected chi connectivity index (χ0v) is 19.8. The van der Waals surface area contributed by atoms with Crippen LogP contribution in [0.1, 0.15) is 47.8 Å². The van der Waals surface area contributed by atoms with Crippen LogP contribution in [0.5, 0.6) is 0 Å². The number of unbranched alkanes of at least 4 members (excludes halogenated alkanes) is 1. The lowest BCUT2D eigenvalue weighted by Crippen LogP contribution is -2.49. The van der Waals surface area contributed by atoms with Gasteiger partial charge in [-0.3, -0.25) is 9.59 Å². The van der Waals surface area contributed by atoms with Gasteiger partial charge in [-0.2, -0.15) is 0 Å². The number of benzene rings is 1. The largest absolute Gasteiger partial charge is 0.352 e. The third kappa shape index (κ3) is 5.27. The van der Waals surface area contributed by atoms with E-state index in [0.717, 1.165) is 42.0 Å². The lowest BCUT2D eigenvalue weighted by Gasteiger charge is -2.35. The van der Waals surface area contributed by atoms with Gasteiger partial charge >= 0.3 is 0 Å². The fraction of sp³-hybridized carbons (Fsp3) is 0.417. The summed E-state index contributed by atoms with van der Waals surface area (Å²) >= 11 is 7.59. The third-order valence-electron chi connectivity index (χ3n) is 5.85. The Balaban J connectivity index is 1.23. The van der Waals surface area contributed by atoms with Gasteiger partial charge in [-0.15, -0.1) is 11.3 Å². The van der Waals surface area contributed by atoms with E-state index < -0.39 is 0 Å². The summed E-state index contributed by atoms with van der Waals surface area (Å²) in [5.41, 5.74) is 0.673. The van der Waals surface area contributed by atoms with E-state index in [1.807, 2.05) is 4.90 Å². The molecule has 0 unspecified atom stereocenters. The summed E-state index contributed by atoms with van der Waals surface area (Å²) < 4.78 is 0. The maximum atomic E-state index is 12.6. The molecule has 0 aliphatic carbocycles. The van der Waals surface area contributed by atoms with E-state index in [-0.39, 0.29) is 11.7 Å². The van der Waals surface area contributed by atoms with Gasteiger partial charge in [-0.1, -0.05) is 18.5 Å². The molecular formula is C24H27ClN4O2S. The molecular weight excluding hydrogens is 444 g/mol. The predicted octanol–water partition coefficient (Wildman–Crippen LogP) is 5.00. The van der Waals surface area contributed by atoms with Crippen LogP contribution in [-0.4, -0.2) is 52.7 Å². The van der Waals surface area contributed by atoms with Crippen molar-refractivity contribution in [2.24, 2.45) is 0 Å². The molecule has 0 saturated carbocycles. The molecule has 1 saturated heterocycles. The van der Waals surface area contributed by atoms with Crippen LogP contribution in [0, 0.1) is 0 Å². The average molecular weight is 471 g/mol. The SMILES string of the molecule is CCc1cc2c(N3CCN(C(=O)CCCCC(=O)c4ccc(Cl)cc4)CC3)ncnc2s1. The number of fused-ring (bicyclic) bond motifs is 1. The van der Waals surface area contributed by atoms with Crippen LogP contribution in [0.2, 0.25) is 5.02 Å². The van der Waals surface area contributed by atoms with Gasteiger partial charge in [0.1, 0.15) is 17.0 Å². The minimum atomic E-state index is 0.0959. The smallest absolute Gasteiger partial charge is 0.222 e. The van der Waals surface area contributed by atoms with Crippen LogP contribution in [0.25, 0.3) is 10.2 Å². The van der Waals surface area contributed by atoms with Crippen LogP contribution < -0.4 is 4.90 Å². The molecule has 4 rings (SSSR count).